The normalized spacial score (nSPS) is 35.9. The van der Waals surface area contributed by atoms with Gasteiger partial charge in [0.25, 0.3) is 0 Å². The maximum Gasteiger partial charge on any atom is 0.0771 e. The van der Waals surface area contributed by atoms with Crippen LogP contribution in [0.5, 0.6) is 0 Å². The molecular weight excluding hydrogens is 272 g/mol. The lowest BCUT2D eigenvalue weighted by molar-refractivity contribution is -0.0288. The maximum absolute atomic E-state index is 11.1. The lowest BCUT2D eigenvalue weighted by atomic mass is 9.69. The molecular formula is C20H34O2. The lowest BCUT2D eigenvalue weighted by Crippen LogP contribution is -2.39. The van der Waals surface area contributed by atoms with Gasteiger partial charge in [-0.3, -0.25) is 0 Å². The number of hydrogen-bond acceptors (Lipinski definition) is 2. The van der Waals surface area contributed by atoms with E-state index in [4.69, 9.17) is 0 Å². The van der Waals surface area contributed by atoms with E-state index in [0.717, 1.165) is 12.8 Å². The van der Waals surface area contributed by atoms with Gasteiger partial charge in [-0.15, -0.1) is 0 Å². The van der Waals surface area contributed by atoms with Crippen LogP contribution in [-0.2, 0) is 0 Å². The van der Waals surface area contributed by atoms with Gasteiger partial charge in [0.1, 0.15) is 0 Å². The van der Waals surface area contributed by atoms with Crippen LogP contribution in [0.4, 0.5) is 0 Å². The summed E-state index contributed by atoms with van der Waals surface area (Å²) in [6, 6.07) is 0. The number of aliphatic hydroxyl groups is 2. The van der Waals surface area contributed by atoms with E-state index in [1.54, 1.807) is 19.9 Å². The van der Waals surface area contributed by atoms with Crippen molar-refractivity contribution in [3.05, 3.63) is 23.8 Å². The van der Waals surface area contributed by atoms with Crippen LogP contribution >= 0.6 is 0 Å². The average Bonchev–Trinajstić information content (AvgIpc) is 2.63. The second-order valence-electron chi connectivity index (χ2n) is 8.82. The van der Waals surface area contributed by atoms with E-state index in [1.165, 1.54) is 24.8 Å². The molecule has 0 bridgehead atoms. The monoisotopic (exact) mass is 306 g/mol. The second kappa shape index (κ2) is 6.13. The second-order valence-corrected chi connectivity index (χ2v) is 8.82. The molecule has 2 N–H and O–H groups in total. The van der Waals surface area contributed by atoms with Crippen LogP contribution in [0, 0.1) is 17.3 Å². The summed E-state index contributed by atoms with van der Waals surface area (Å²) in [6.45, 7) is 10.2. The van der Waals surface area contributed by atoms with Crippen molar-refractivity contribution in [1.82, 2.24) is 0 Å². The molecule has 0 aliphatic heterocycles. The Morgan fingerprint density at radius 1 is 1.27 bits per heavy atom. The smallest absolute Gasteiger partial charge is 0.0771 e. The fourth-order valence-corrected chi connectivity index (χ4v) is 4.53. The molecule has 2 aliphatic carbocycles. The van der Waals surface area contributed by atoms with Gasteiger partial charge in [-0.2, -0.15) is 0 Å². The Morgan fingerprint density at radius 2 is 1.95 bits per heavy atom. The molecule has 4 atom stereocenters. The van der Waals surface area contributed by atoms with E-state index in [-0.39, 0.29) is 0 Å². The van der Waals surface area contributed by atoms with E-state index < -0.39 is 11.2 Å². The van der Waals surface area contributed by atoms with E-state index >= 15 is 0 Å². The minimum absolute atomic E-state index is 0.354. The quantitative estimate of drug-likeness (QED) is 0.744. The SMILES string of the molecule is CC1=CCC2(C)CCC(C(C)(O)CC=CC(C)(C)O)C2CC1. The van der Waals surface area contributed by atoms with Gasteiger partial charge in [-0.25, -0.2) is 0 Å². The van der Waals surface area contributed by atoms with E-state index in [1.807, 2.05) is 13.0 Å². The summed E-state index contributed by atoms with van der Waals surface area (Å²) in [6.07, 6.45) is 12.7. The van der Waals surface area contributed by atoms with Crippen LogP contribution in [0.15, 0.2) is 23.8 Å². The van der Waals surface area contributed by atoms with E-state index in [2.05, 4.69) is 19.9 Å². The highest BCUT2D eigenvalue weighted by Gasteiger charge is 2.50. The van der Waals surface area contributed by atoms with Gasteiger partial charge in [-0.05, 0) is 83.5 Å². The predicted octanol–water partition coefficient (Wildman–Crippen LogP) is 4.62. The number of hydrogen-bond donors (Lipinski definition) is 2. The van der Waals surface area contributed by atoms with Crippen molar-refractivity contribution >= 4 is 0 Å². The third-order valence-corrected chi connectivity index (χ3v) is 6.03. The molecule has 2 rings (SSSR count). The van der Waals surface area contributed by atoms with Crippen LogP contribution in [0.1, 0.15) is 73.1 Å². The van der Waals surface area contributed by atoms with Gasteiger partial charge in [0, 0.05) is 0 Å². The van der Waals surface area contributed by atoms with Crippen molar-refractivity contribution in [2.24, 2.45) is 17.3 Å². The standard InChI is InChI=1S/C20H34O2/c1-15-7-8-16-17(10-14-19(16,4)13-9-15)20(5,22)12-6-11-18(2,3)21/h6,9,11,16-17,21-22H,7-8,10,12-14H2,1-5H3. The van der Waals surface area contributed by atoms with Gasteiger partial charge in [0.2, 0.25) is 0 Å². The zero-order valence-corrected chi connectivity index (χ0v) is 15.0. The molecule has 1 saturated carbocycles. The van der Waals surface area contributed by atoms with Gasteiger partial charge in [0.05, 0.1) is 11.2 Å². The molecule has 0 spiro atoms. The number of allylic oxidation sites excluding steroid dienone is 2. The van der Waals surface area contributed by atoms with Crippen LogP contribution in [0.3, 0.4) is 0 Å². The van der Waals surface area contributed by atoms with Crippen molar-refractivity contribution in [2.75, 3.05) is 0 Å². The summed E-state index contributed by atoms with van der Waals surface area (Å²) in [5.41, 5.74) is 0.384. The molecule has 0 aromatic rings. The van der Waals surface area contributed by atoms with Crippen molar-refractivity contribution in [3.8, 4) is 0 Å². The van der Waals surface area contributed by atoms with Crippen molar-refractivity contribution in [2.45, 2.75) is 84.3 Å². The Bertz CT molecular complexity index is 453. The zero-order valence-electron chi connectivity index (χ0n) is 15.0. The third-order valence-electron chi connectivity index (χ3n) is 6.03. The fraction of sp³-hybridized carbons (Fsp3) is 0.800. The molecule has 2 aliphatic rings. The van der Waals surface area contributed by atoms with Gasteiger partial charge < -0.3 is 10.2 Å². The topological polar surface area (TPSA) is 40.5 Å². The first-order valence-electron chi connectivity index (χ1n) is 8.82. The lowest BCUT2D eigenvalue weighted by Gasteiger charge is -2.39. The molecule has 0 aromatic heterocycles. The largest absolute Gasteiger partial charge is 0.390 e. The molecule has 2 nitrogen and oxygen atoms in total. The van der Waals surface area contributed by atoms with Crippen LogP contribution < -0.4 is 0 Å². The summed E-state index contributed by atoms with van der Waals surface area (Å²) in [4.78, 5) is 0. The molecule has 0 aromatic carbocycles. The van der Waals surface area contributed by atoms with Crippen LogP contribution in [-0.4, -0.2) is 21.4 Å². The number of rotatable bonds is 4. The molecule has 0 heterocycles. The van der Waals surface area contributed by atoms with Crippen molar-refractivity contribution in [3.63, 3.8) is 0 Å². The fourth-order valence-electron chi connectivity index (χ4n) is 4.53. The molecule has 2 heteroatoms. The minimum atomic E-state index is -0.802. The average molecular weight is 306 g/mol. The van der Waals surface area contributed by atoms with E-state index in [0.29, 0.717) is 23.7 Å². The third kappa shape index (κ3) is 4.02. The summed E-state index contributed by atoms with van der Waals surface area (Å²) in [5.74, 6) is 0.968. The Balaban J connectivity index is 2.10. The molecule has 0 saturated heterocycles. The first-order valence-corrected chi connectivity index (χ1v) is 8.82. The molecule has 126 valence electrons. The summed E-state index contributed by atoms with van der Waals surface area (Å²) in [5, 5.41) is 20.9. The Labute approximate surface area is 136 Å². The molecule has 4 unspecified atom stereocenters. The van der Waals surface area contributed by atoms with Gasteiger partial charge in [-0.1, -0.05) is 30.7 Å². The molecule has 0 amide bonds. The number of fused-ring (bicyclic) bond motifs is 1. The molecule has 0 radical (unpaired) electrons. The first-order chi connectivity index (χ1) is 10.0. The van der Waals surface area contributed by atoms with Crippen molar-refractivity contribution in [1.29, 1.82) is 0 Å². The summed E-state index contributed by atoms with van der Waals surface area (Å²) >= 11 is 0. The van der Waals surface area contributed by atoms with E-state index in [9.17, 15) is 10.2 Å². The Morgan fingerprint density at radius 3 is 2.59 bits per heavy atom. The highest BCUT2D eigenvalue weighted by molar-refractivity contribution is 5.11. The Kier molecular flexibility index (Phi) is 4.94. The molecule has 1 fully saturated rings. The first kappa shape index (κ1) is 17.7. The summed E-state index contributed by atoms with van der Waals surface area (Å²) in [7, 11) is 0. The molecule has 22 heavy (non-hydrogen) atoms. The minimum Gasteiger partial charge on any atom is -0.390 e. The highest BCUT2D eigenvalue weighted by Crippen LogP contribution is 2.56. The van der Waals surface area contributed by atoms with Crippen LogP contribution in [0.25, 0.3) is 0 Å². The Hall–Kier alpha value is -0.600. The summed E-state index contributed by atoms with van der Waals surface area (Å²) < 4.78 is 0. The van der Waals surface area contributed by atoms with Crippen LogP contribution in [0.2, 0.25) is 0 Å². The zero-order chi connectivity index (χ0) is 16.6. The van der Waals surface area contributed by atoms with Gasteiger partial charge >= 0.3 is 0 Å². The van der Waals surface area contributed by atoms with Gasteiger partial charge in [0.15, 0.2) is 0 Å². The predicted molar refractivity (Wildman–Crippen MR) is 92.6 cm³/mol. The van der Waals surface area contributed by atoms with Crippen molar-refractivity contribution < 1.29 is 10.2 Å². The maximum atomic E-state index is 11.1. The highest BCUT2D eigenvalue weighted by atomic mass is 16.3.